The first-order chi connectivity index (χ1) is 17.9. The van der Waals surface area contributed by atoms with Gasteiger partial charge < -0.3 is 15.0 Å². The Morgan fingerprint density at radius 1 is 0.892 bits per heavy atom. The lowest BCUT2D eigenvalue weighted by Crippen LogP contribution is -2.35. The second-order valence-electron chi connectivity index (χ2n) is 9.38. The van der Waals surface area contributed by atoms with E-state index in [1.165, 1.54) is 6.07 Å². The third-order valence-corrected chi connectivity index (χ3v) is 7.18. The van der Waals surface area contributed by atoms with E-state index in [-0.39, 0.29) is 17.8 Å². The number of hydrogen-bond acceptors (Lipinski definition) is 3. The number of nitrogens with one attached hydrogen (secondary N) is 1. The zero-order valence-corrected chi connectivity index (χ0v) is 22.2. The van der Waals surface area contributed by atoms with Crippen LogP contribution in [0.3, 0.4) is 0 Å². The molecule has 1 N–H and O–H groups in total. The molecule has 1 saturated heterocycles. The number of ether oxygens (including phenoxy) is 1. The highest BCUT2D eigenvalue weighted by Gasteiger charge is 2.19. The molecule has 0 spiro atoms. The lowest BCUT2D eigenvalue weighted by molar-refractivity contribution is 0.102. The third-order valence-electron chi connectivity index (χ3n) is 6.66. The van der Waals surface area contributed by atoms with Crippen LogP contribution in [-0.4, -0.2) is 37.0 Å². The normalized spacial score (nSPS) is 14.4. The summed E-state index contributed by atoms with van der Waals surface area (Å²) in [6, 6.07) is 27.6. The molecule has 0 unspecified atom stereocenters. The maximum absolute atomic E-state index is 14.2. The summed E-state index contributed by atoms with van der Waals surface area (Å²) in [5, 5.41) is 2.94. The van der Waals surface area contributed by atoms with Gasteiger partial charge in [0, 0.05) is 28.8 Å². The lowest BCUT2D eigenvalue weighted by Gasteiger charge is -2.29. The van der Waals surface area contributed by atoms with E-state index in [4.69, 9.17) is 4.74 Å². The van der Waals surface area contributed by atoms with Crippen molar-refractivity contribution >= 4 is 27.5 Å². The highest BCUT2D eigenvalue weighted by molar-refractivity contribution is 9.10. The Balaban J connectivity index is 1.40. The van der Waals surface area contributed by atoms with E-state index in [0.29, 0.717) is 11.3 Å². The van der Waals surface area contributed by atoms with Gasteiger partial charge in [-0.1, -0.05) is 46.3 Å². The number of carbonyl (C=O) groups excluding carboxylic acids is 1. The van der Waals surface area contributed by atoms with Gasteiger partial charge in [-0.3, -0.25) is 4.79 Å². The van der Waals surface area contributed by atoms with Gasteiger partial charge in [-0.2, -0.15) is 0 Å². The van der Waals surface area contributed by atoms with Crippen LogP contribution < -0.4 is 10.1 Å². The second kappa shape index (κ2) is 11.3. The highest BCUT2D eigenvalue weighted by atomic mass is 79.9. The molecule has 0 aliphatic carbocycles. The number of likely N-dealkylation sites (tertiary alicyclic amines) is 1. The molecule has 0 atom stereocenters. The van der Waals surface area contributed by atoms with Crippen LogP contribution in [0.25, 0.3) is 22.3 Å². The molecule has 0 saturated carbocycles. The minimum Gasteiger partial charge on any atom is -0.490 e. The van der Waals surface area contributed by atoms with Crippen molar-refractivity contribution in [3.63, 3.8) is 0 Å². The molecule has 4 nitrogen and oxygen atoms in total. The van der Waals surface area contributed by atoms with Gasteiger partial charge in [0.25, 0.3) is 5.91 Å². The Labute approximate surface area is 225 Å². The van der Waals surface area contributed by atoms with Crippen molar-refractivity contribution in [3.05, 3.63) is 107 Å². The first-order valence-electron chi connectivity index (χ1n) is 12.4. The molecular formula is C31H28BrFN2O2. The van der Waals surface area contributed by atoms with Gasteiger partial charge in [-0.05, 0) is 103 Å². The first-order valence-corrected chi connectivity index (χ1v) is 13.2. The Bertz CT molecular complexity index is 1380. The molecule has 5 rings (SSSR count). The smallest absolute Gasteiger partial charge is 0.255 e. The van der Waals surface area contributed by atoms with Crippen LogP contribution in [0.5, 0.6) is 5.75 Å². The maximum atomic E-state index is 14.2. The molecule has 1 amide bonds. The first kappa shape index (κ1) is 25.2. The quantitative estimate of drug-likeness (QED) is 0.264. The number of carbonyl (C=O) groups is 1. The number of halogens is 2. The molecule has 1 fully saturated rings. The number of hydrogen-bond donors (Lipinski definition) is 1. The van der Waals surface area contributed by atoms with E-state index in [2.05, 4.69) is 33.2 Å². The summed E-state index contributed by atoms with van der Waals surface area (Å²) in [7, 11) is 2.13. The maximum Gasteiger partial charge on any atom is 0.255 e. The molecule has 188 valence electrons. The average molecular weight is 559 g/mol. The Morgan fingerprint density at radius 3 is 2.32 bits per heavy atom. The molecule has 4 aromatic rings. The van der Waals surface area contributed by atoms with Gasteiger partial charge in [-0.15, -0.1) is 0 Å². The van der Waals surface area contributed by atoms with Crippen molar-refractivity contribution in [1.82, 2.24) is 4.90 Å². The monoisotopic (exact) mass is 558 g/mol. The molecule has 0 bridgehead atoms. The third kappa shape index (κ3) is 6.27. The van der Waals surface area contributed by atoms with Crippen molar-refractivity contribution < 1.29 is 13.9 Å². The summed E-state index contributed by atoms with van der Waals surface area (Å²) in [5.74, 6) is 0.336. The van der Waals surface area contributed by atoms with Gasteiger partial charge in [0.05, 0.1) is 0 Å². The molecule has 0 radical (unpaired) electrons. The minimum absolute atomic E-state index is 0.170. The molecular weight excluding hydrogens is 531 g/mol. The Morgan fingerprint density at radius 2 is 1.62 bits per heavy atom. The number of rotatable bonds is 6. The molecule has 4 aromatic carbocycles. The number of amides is 1. The van der Waals surface area contributed by atoms with E-state index in [9.17, 15) is 9.18 Å². The van der Waals surface area contributed by atoms with E-state index in [0.717, 1.165) is 58.4 Å². The molecule has 6 heteroatoms. The second-order valence-corrected chi connectivity index (χ2v) is 10.3. The van der Waals surface area contributed by atoms with E-state index in [1.54, 1.807) is 24.3 Å². The Kier molecular flexibility index (Phi) is 7.68. The van der Waals surface area contributed by atoms with Gasteiger partial charge in [0.15, 0.2) is 0 Å². The van der Waals surface area contributed by atoms with Crippen molar-refractivity contribution in [1.29, 1.82) is 0 Å². The topological polar surface area (TPSA) is 41.6 Å². The average Bonchev–Trinajstić information content (AvgIpc) is 2.91. The van der Waals surface area contributed by atoms with Crippen LogP contribution in [0, 0.1) is 5.82 Å². The van der Waals surface area contributed by atoms with E-state index >= 15 is 0 Å². The fourth-order valence-corrected chi connectivity index (χ4v) is 4.84. The van der Waals surface area contributed by atoms with Crippen molar-refractivity contribution in [2.45, 2.75) is 18.9 Å². The summed E-state index contributed by atoms with van der Waals surface area (Å²) < 4.78 is 21.4. The SMILES string of the molecule is CN1CCC(Oc2ccc(-c3ccc(NC(=O)c4ccc(Br)cc4)cc3)c(-c3cccc(F)c3)c2)CC1. The van der Waals surface area contributed by atoms with Gasteiger partial charge in [0.1, 0.15) is 17.7 Å². The zero-order valence-electron chi connectivity index (χ0n) is 20.6. The summed E-state index contributed by atoms with van der Waals surface area (Å²) in [4.78, 5) is 14.9. The van der Waals surface area contributed by atoms with E-state index < -0.39 is 0 Å². The van der Waals surface area contributed by atoms with Crippen LogP contribution in [0.1, 0.15) is 23.2 Å². The predicted octanol–water partition coefficient (Wildman–Crippen LogP) is 7.65. The van der Waals surface area contributed by atoms with Crippen LogP contribution in [-0.2, 0) is 0 Å². The van der Waals surface area contributed by atoms with Gasteiger partial charge >= 0.3 is 0 Å². The van der Waals surface area contributed by atoms with Crippen LogP contribution >= 0.6 is 15.9 Å². The summed E-state index contributed by atoms with van der Waals surface area (Å²) in [6.45, 7) is 2.04. The number of benzene rings is 4. The van der Waals surface area contributed by atoms with Crippen molar-refractivity contribution in [3.8, 4) is 28.0 Å². The van der Waals surface area contributed by atoms with Crippen molar-refractivity contribution in [2.24, 2.45) is 0 Å². The fourth-order valence-electron chi connectivity index (χ4n) is 4.58. The van der Waals surface area contributed by atoms with Gasteiger partial charge in [-0.25, -0.2) is 4.39 Å². The van der Waals surface area contributed by atoms with Crippen LogP contribution in [0.4, 0.5) is 10.1 Å². The number of piperidine rings is 1. The number of anilines is 1. The predicted molar refractivity (Wildman–Crippen MR) is 151 cm³/mol. The highest BCUT2D eigenvalue weighted by Crippen LogP contribution is 2.36. The number of nitrogens with zero attached hydrogens (tertiary/aromatic N) is 1. The fraction of sp³-hybridized carbons (Fsp3) is 0.194. The molecule has 1 heterocycles. The summed E-state index contributed by atoms with van der Waals surface area (Å²) in [6.07, 6.45) is 2.15. The van der Waals surface area contributed by atoms with Crippen LogP contribution in [0.15, 0.2) is 95.5 Å². The lowest BCUT2D eigenvalue weighted by atomic mass is 9.94. The molecule has 1 aliphatic rings. The molecule has 1 aliphatic heterocycles. The Hall–Kier alpha value is -3.48. The zero-order chi connectivity index (χ0) is 25.8. The summed E-state index contributed by atoms with van der Waals surface area (Å²) >= 11 is 3.39. The van der Waals surface area contributed by atoms with Gasteiger partial charge in [0.2, 0.25) is 0 Å². The molecule has 37 heavy (non-hydrogen) atoms. The largest absolute Gasteiger partial charge is 0.490 e. The standard InChI is InChI=1S/C31H28BrFN2O2/c1-35-17-15-27(16-18-35)37-28-13-14-29(30(20-28)23-3-2-4-25(33)19-23)21-7-11-26(12-8-21)34-31(36)22-5-9-24(32)10-6-22/h2-14,19-20,27H,15-18H2,1H3,(H,34,36). The van der Waals surface area contributed by atoms with E-state index in [1.807, 2.05) is 60.7 Å². The summed E-state index contributed by atoms with van der Waals surface area (Å²) in [5.41, 5.74) is 4.90. The van der Waals surface area contributed by atoms with Crippen molar-refractivity contribution in [2.75, 3.05) is 25.5 Å². The minimum atomic E-state index is -0.281. The van der Waals surface area contributed by atoms with Crippen LogP contribution in [0.2, 0.25) is 0 Å². The molecule has 0 aromatic heterocycles.